The van der Waals surface area contributed by atoms with Crippen LogP contribution in [0, 0.1) is 6.92 Å². The molecule has 2 aromatic heterocycles. The number of fused-ring (bicyclic) bond motifs is 1. The van der Waals surface area contributed by atoms with Crippen molar-refractivity contribution in [2.24, 2.45) is 5.14 Å². The minimum atomic E-state index is -3.72. The Hall–Kier alpha value is -2.56. The van der Waals surface area contributed by atoms with Crippen LogP contribution in [0.4, 0.5) is 0 Å². The lowest BCUT2D eigenvalue weighted by molar-refractivity contribution is 0.0952. The van der Waals surface area contributed by atoms with E-state index in [1.807, 2.05) is 0 Å². The number of rotatable bonds is 5. The number of carbonyl (C=O) groups excluding carboxylic acids is 1. The van der Waals surface area contributed by atoms with Crippen LogP contribution in [0.2, 0.25) is 0 Å². The summed E-state index contributed by atoms with van der Waals surface area (Å²) in [5, 5.41) is 9.53. The number of carbonyl (C=O) groups is 1. The van der Waals surface area contributed by atoms with Gasteiger partial charge in [0, 0.05) is 23.8 Å². The third kappa shape index (κ3) is 3.66. The average Bonchev–Trinajstić information content (AvgIpc) is 2.97. The molecular weight excluding hydrogens is 376 g/mol. The van der Waals surface area contributed by atoms with Gasteiger partial charge in [0.1, 0.15) is 5.56 Å². The first-order valence-electron chi connectivity index (χ1n) is 7.63. The van der Waals surface area contributed by atoms with E-state index < -0.39 is 21.5 Å². The number of hydrogen-bond donors (Lipinski definition) is 2. The van der Waals surface area contributed by atoms with Gasteiger partial charge in [-0.15, -0.1) is 11.3 Å². The van der Waals surface area contributed by atoms with Crippen molar-refractivity contribution in [2.75, 3.05) is 6.54 Å². The number of benzene rings is 1. The first-order valence-corrected chi connectivity index (χ1v) is 10.1. The van der Waals surface area contributed by atoms with E-state index in [-0.39, 0.29) is 17.0 Å². The van der Waals surface area contributed by atoms with E-state index in [0.29, 0.717) is 11.4 Å². The zero-order valence-electron chi connectivity index (χ0n) is 13.8. The number of primary sulfonamides is 1. The molecule has 26 heavy (non-hydrogen) atoms. The maximum absolute atomic E-state index is 12.4. The molecule has 136 valence electrons. The number of thiazole rings is 1. The SMILES string of the molecule is Cc1csc2ncc(C(=O)NCCc3ccc(S(N)(=O)=O)cc3)c(=O)n12. The lowest BCUT2D eigenvalue weighted by Crippen LogP contribution is -2.32. The predicted molar refractivity (Wildman–Crippen MR) is 97.9 cm³/mol. The molecule has 3 aromatic rings. The second-order valence-corrected chi connectivity index (χ2v) is 8.06. The summed E-state index contributed by atoms with van der Waals surface area (Å²) in [5.74, 6) is -0.497. The Bertz CT molecular complexity index is 1130. The summed E-state index contributed by atoms with van der Waals surface area (Å²) in [4.78, 5) is 29.4. The molecule has 0 spiro atoms. The fraction of sp³-hybridized carbons (Fsp3) is 0.188. The van der Waals surface area contributed by atoms with Crippen LogP contribution in [0.5, 0.6) is 0 Å². The van der Waals surface area contributed by atoms with Gasteiger partial charge in [0.15, 0.2) is 4.96 Å². The molecule has 0 aliphatic heterocycles. The van der Waals surface area contributed by atoms with Crippen molar-refractivity contribution >= 4 is 32.2 Å². The molecule has 3 rings (SSSR count). The molecule has 2 heterocycles. The molecule has 8 nitrogen and oxygen atoms in total. The van der Waals surface area contributed by atoms with E-state index in [1.54, 1.807) is 24.4 Å². The lowest BCUT2D eigenvalue weighted by Gasteiger charge is -2.06. The zero-order valence-corrected chi connectivity index (χ0v) is 15.4. The molecule has 0 atom stereocenters. The van der Waals surface area contributed by atoms with Crippen molar-refractivity contribution in [1.82, 2.24) is 14.7 Å². The van der Waals surface area contributed by atoms with Gasteiger partial charge in [-0.05, 0) is 31.0 Å². The largest absolute Gasteiger partial charge is 0.351 e. The minimum absolute atomic E-state index is 0.0198. The molecule has 0 aliphatic carbocycles. The molecule has 0 saturated heterocycles. The monoisotopic (exact) mass is 392 g/mol. The molecule has 10 heteroatoms. The van der Waals surface area contributed by atoms with Gasteiger partial charge in [0.05, 0.1) is 4.90 Å². The van der Waals surface area contributed by atoms with Crippen molar-refractivity contribution in [2.45, 2.75) is 18.2 Å². The molecule has 0 radical (unpaired) electrons. The van der Waals surface area contributed by atoms with Gasteiger partial charge in [-0.1, -0.05) is 12.1 Å². The Morgan fingerprint density at radius 1 is 1.31 bits per heavy atom. The first-order chi connectivity index (χ1) is 12.3. The molecule has 3 N–H and O–H groups in total. The summed E-state index contributed by atoms with van der Waals surface area (Å²) in [6.07, 6.45) is 1.76. The number of aromatic nitrogens is 2. The summed E-state index contributed by atoms with van der Waals surface area (Å²) in [7, 11) is -3.72. The standard InChI is InChI=1S/C16H16N4O4S2/c1-10-9-25-16-19-8-13(15(22)20(10)16)14(21)18-7-6-11-2-4-12(5-3-11)26(17,23)24/h2-5,8-9H,6-7H2,1H3,(H,18,21)(H2,17,23,24). The Balaban J connectivity index is 1.67. The van der Waals surface area contributed by atoms with E-state index >= 15 is 0 Å². The maximum atomic E-state index is 12.4. The van der Waals surface area contributed by atoms with Crippen molar-refractivity contribution in [3.8, 4) is 0 Å². The first kappa shape index (κ1) is 18.2. The summed E-state index contributed by atoms with van der Waals surface area (Å²) < 4.78 is 23.8. The molecule has 1 amide bonds. The number of sulfonamides is 1. The van der Waals surface area contributed by atoms with Gasteiger partial charge < -0.3 is 5.32 Å². The number of nitrogens with one attached hydrogen (secondary N) is 1. The number of hydrogen-bond acceptors (Lipinski definition) is 6. The number of aryl methyl sites for hydroxylation is 1. The molecule has 0 saturated carbocycles. The number of nitrogens with zero attached hydrogens (tertiary/aromatic N) is 2. The van der Waals surface area contributed by atoms with E-state index in [9.17, 15) is 18.0 Å². The van der Waals surface area contributed by atoms with Crippen LogP contribution in [-0.2, 0) is 16.4 Å². The molecule has 0 unspecified atom stereocenters. The highest BCUT2D eigenvalue weighted by molar-refractivity contribution is 7.89. The van der Waals surface area contributed by atoms with Gasteiger partial charge in [0.25, 0.3) is 11.5 Å². The summed E-state index contributed by atoms with van der Waals surface area (Å²) in [6, 6.07) is 6.08. The van der Waals surface area contributed by atoms with Gasteiger partial charge in [-0.3, -0.25) is 14.0 Å². The fourth-order valence-electron chi connectivity index (χ4n) is 2.44. The maximum Gasteiger partial charge on any atom is 0.271 e. The van der Waals surface area contributed by atoms with Crippen LogP contribution < -0.4 is 16.0 Å². The number of amides is 1. The van der Waals surface area contributed by atoms with Crippen LogP contribution in [0.3, 0.4) is 0 Å². The second kappa shape index (κ2) is 6.98. The summed E-state index contributed by atoms with van der Waals surface area (Å²) >= 11 is 1.33. The molecule has 0 fully saturated rings. The van der Waals surface area contributed by atoms with Crippen molar-refractivity contribution < 1.29 is 13.2 Å². The Labute approximate surface area is 153 Å². The average molecular weight is 392 g/mol. The van der Waals surface area contributed by atoms with Crippen LogP contribution in [-0.4, -0.2) is 30.3 Å². The van der Waals surface area contributed by atoms with Gasteiger partial charge in [0.2, 0.25) is 10.0 Å². The predicted octanol–water partition coefficient (Wildman–Crippen LogP) is 0.684. The van der Waals surface area contributed by atoms with Crippen molar-refractivity contribution in [3.05, 3.63) is 63.0 Å². The highest BCUT2D eigenvalue weighted by atomic mass is 32.2. The van der Waals surface area contributed by atoms with Crippen LogP contribution >= 0.6 is 11.3 Å². The lowest BCUT2D eigenvalue weighted by atomic mass is 10.1. The fourth-order valence-corrected chi connectivity index (χ4v) is 3.78. The van der Waals surface area contributed by atoms with Gasteiger partial charge in [-0.25, -0.2) is 18.5 Å². The van der Waals surface area contributed by atoms with E-state index in [1.165, 1.54) is 34.1 Å². The smallest absolute Gasteiger partial charge is 0.271 e. The molecule has 0 bridgehead atoms. The highest BCUT2D eigenvalue weighted by Gasteiger charge is 2.15. The zero-order chi connectivity index (χ0) is 18.9. The Morgan fingerprint density at radius 3 is 2.65 bits per heavy atom. The minimum Gasteiger partial charge on any atom is -0.351 e. The van der Waals surface area contributed by atoms with Gasteiger partial charge >= 0.3 is 0 Å². The van der Waals surface area contributed by atoms with Crippen LogP contribution in [0.15, 0.2) is 45.5 Å². The van der Waals surface area contributed by atoms with E-state index in [4.69, 9.17) is 5.14 Å². The van der Waals surface area contributed by atoms with E-state index in [0.717, 1.165) is 11.3 Å². The number of nitrogens with two attached hydrogens (primary N) is 1. The second-order valence-electron chi connectivity index (χ2n) is 5.67. The van der Waals surface area contributed by atoms with Crippen LogP contribution in [0.1, 0.15) is 21.6 Å². The summed E-state index contributed by atoms with van der Waals surface area (Å²) in [5.41, 5.74) is 1.14. The molecular formula is C16H16N4O4S2. The Kier molecular flexibility index (Phi) is 4.90. The van der Waals surface area contributed by atoms with E-state index in [2.05, 4.69) is 10.3 Å². The quantitative estimate of drug-likeness (QED) is 0.661. The normalized spacial score (nSPS) is 11.6. The topological polar surface area (TPSA) is 124 Å². The highest BCUT2D eigenvalue weighted by Crippen LogP contribution is 2.11. The third-order valence-corrected chi connectivity index (χ3v) is 5.70. The van der Waals surface area contributed by atoms with Crippen molar-refractivity contribution in [1.29, 1.82) is 0 Å². The summed E-state index contributed by atoms with van der Waals surface area (Å²) in [6.45, 7) is 2.07. The van der Waals surface area contributed by atoms with Crippen LogP contribution in [0.25, 0.3) is 4.96 Å². The third-order valence-electron chi connectivity index (χ3n) is 3.81. The molecule has 0 aliphatic rings. The van der Waals surface area contributed by atoms with Gasteiger partial charge in [-0.2, -0.15) is 0 Å². The molecule has 1 aromatic carbocycles. The van der Waals surface area contributed by atoms with Crippen molar-refractivity contribution in [3.63, 3.8) is 0 Å². The Morgan fingerprint density at radius 2 is 2.00 bits per heavy atom.